The first kappa shape index (κ1) is 16.7. The maximum Gasteiger partial charge on any atom is 0.131 e. The van der Waals surface area contributed by atoms with E-state index in [2.05, 4.69) is 5.18 Å². The molecule has 1 N–H and O–H groups in total. The normalized spacial score (nSPS) is 25.0. The molecule has 1 fully saturated rings. The monoisotopic (exact) mass is 287 g/mol. The lowest BCUT2D eigenvalue weighted by atomic mass is 10.0. The van der Waals surface area contributed by atoms with Crippen LogP contribution in [0.15, 0.2) is 17.3 Å². The van der Waals surface area contributed by atoms with E-state index in [9.17, 15) is 18.8 Å². The van der Waals surface area contributed by atoms with Crippen LogP contribution < -0.4 is 0 Å². The number of aryl methyl sites for hydroxylation is 1. The second-order valence-electron chi connectivity index (χ2n) is 4.40. The van der Waals surface area contributed by atoms with Crippen molar-refractivity contribution in [3.05, 3.63) is 39.8 Å². The molecule has 3 atom stereocenters. The van der Waals surface area contributed by atoms with E-state index in [1.54, 1.807) is 0 Å². The molecule has 1 aromatic rings. The Hall–Kier alpha value is -1.40. The second kappa shape index (κ2) is 7.40. The third-order valence-electron chi connectivity index (χ3n) is 3.10. The molecular weight excluding hydrogens is 268 g/mol. The number of nitroso groups, excluding NO2 is 1. The van der Waals surface area contributed by atoms with Gasteiger partial charge in [0.25, 0.3) is 0 Å². The van der Waals surface area contributed by atoms with E-state index in [1.807, 2.05) is 13.8 Å². The van der Waals surface area contributed by atoms with Crippen molar-refractivity contribution >= 4 is 0 Å². The van der Waals surface area contributed by atoms with Crippen LogP contribution in [-0.2, 0) is 4.74 Å². The Bertz CT molecular complexity index is 468. The zero-order valence-corrected chi connectivity index (χ0v) is 11.8. The molecule has 3 unspecified atom stereocenters. The fourth-order valence-corrected chi connectivity index (χ4v) is 2.09. The Labute approximate surface area is 116 Å². The Kier molecular flexibility index (Phi) is 6.16. The van der Waals surface area contributed by atoms with Crippen LogP contribution in [0.3, 0.4) is 0 Å². The van der Waals surface area contributed by atoms with Crippen LogP contribution in [-0.4, -0.2) is 23.9 Å². The number of aliphatic hydroxyl groups is 1. The van der Waals surface area contributed by atoms with E-state index in [-0.39, 0.29) is 18.5 Å². The van der Waals surface area contributed by atoms with Gasteiger partial charge in [0.05, 0.1) is 12.2 Å². The summed E-state index contributed by atoms with van der Waals surface area (Å²) in [4.78, 5) is 10.2. The predicted molar refractivity (Wildman–Crippen MR) is 71.3 cm³/mol. The van der Waals surface area contributed by atoms with Crippen molar-refractivity contribution in [1.29, 1.82) is 0 Å². The molecule has 0 radical (unpaired) electrons. The highest BCUT2D eigenvalue weighted by Crippen LogP contribution is 2.35. The van der Waals surface area contributed by atoms with Gasteiger partial charge < -0.3 is 9.84 Å². The van der Waals surface area contributed by atoms with Gasteiger partial charge in [-0.2, -0.15) is 4.91 Å². The van der Waals surface area contributed by atoms with E-state index in [1.165, 1.54) is 13.0 Å². The van der Waals surface area contributed by atoms with E-state index in [0.717, 1.165) is 6.07 Å². The molecule has 6 heteroatoms. The molecule has 0 amide bonds. The minimum Gasteiger partial charge on any atom is -0.390 e. The summed E-state index contributed by atoms with van der Waals surface area (Å²) in [7, 11) is 0. The molecule has 1 heterocycles. The maximum absolute atomic E-state index is 13.6. The van der Waals surface area contributed by atoms with Crippen molar-refractivity contribution in [1.82, 2.24) is 0 Å². The molecule has 0 aromatic heterocycles. The Morgan fingerprint density at radius 3 is 2.60 bits per heavy atom. The van der Waals surface area contributed by atoms with Crippen molar-refractivity contribution in [3.8, 4) is 0 Å². The van der Waals surface area contributed by atoms with Crippen LogP contribution in [0.5, 0.6) is 0 Å². The summed E-state index contributed by atoms with van der Waals surface area (Å²) in [6, 6.07) is 2.16. The van der Waals surface area contributed by atoms with Crippen molar-refractivity contribution < 1.29 is 18.6 Å². The first-order valence-electron chi connectivity index (χ1n) is 6.61. The number of nitrogens with zero attached hydrogens (tertiary/aromatic N) is 1. The summed E-state index contributed by atoms with van der Waals surface area (Å²) in [5, 5.41) is 12.3. The molecule has 1 saturated heterocycles. The standard InChI is InChI=1S/C12H13F2NO3.C2H6/c1-6-2-7(9(14)3-8(6)13)11-4-10(16)12(18-11)5-15-17;1-2/h2-3,10-12,16H,4-5H2,1H3;1-2H3. The van der Waals surface area contributed by atoms with Crippen molar-refractivity contribution in [2.24, 2.45) is 5.18 Å². The largest absolute Gasteiger partial charge is 0.390 e. The van der Waals surface area contributed by atoms with Gasteiger partial charge >= 0.3 is 0 Å². The number of hydrogen-bond acceptors (Lipinski definition) is 4. The molecular formula is C14H19F2NO3. The molecule has 0 aliphatic carbocycles. The SMILES string of the molecule is CC.Cc1cc(C2CC(O)C(CN=O)O2)c(F)cc1F. The summed E-state index contributed by atoms with van der Waals surface area (Å²) < 4.78 is 32.1. The summed E-state index contributed by atoms with van der Waals surface area (Å²) in [5.41, 5.74) is 0.503. The Morgan fingerprint density at radius 2 is 2.00 bits per heavy atom. The first-order valence-corrected chi connectivity index (χ1v) is 6.61. The topological polar surface area (TPSA) is 58.9 Å². The van der Waals surface area contributed by atoms with E-state index in [4.69, 9.17) is 4.74 Å². The zero-order chi connectivity index (χ0) is 15.3. The highest BCUT2D eigenvalue weighted by Gasteiger charge is 2.36. The predicted octanol–water partition coefficient (Wildman–Crippen LogP) is 3.26. The molecule has 1 aliphatic rings. The van der Waals surface area contributed by atoms with Gasteiger partial charge in [0.1, 0.15) is 24.3 Å². The van der Waals surface area contributed by atoms with Gasteiger partial charge in [-0.3, -0.25) is 0 Å². The van der Waals surface area contributed by atoms with Gasteiger partial charge in [0.15, 0.2) is 0 Å². The number of hydrogen-bond donors (Lipinski definition) is 1. The highest BCUT2D eigenvalue weighted by atomic mass is 19.1. The molecule has 0 saturated carbocycles. The number of ether oxygens (including phenoxy) is 1. The molecule has 20 heavy (non-hydrogen) atoms. The number of rotatable bonds is 3. The number of halogens is 2. The molecule has 1 aromatic carbocycles. The van der Waals surface area contributed by atoms with Gasteiger partial charge in [0.2, 0.25) is 0 Å². The first-order chi connectivity index (χ1) is 9.52. The van der Waals surface area contributed by atoms with Crippen LogP contribution >= 0.6 is 0 Å². The van der Waals surface area contributed by atoms with Crippen molar-refractivity contribution in [3.63, 3.8) is 0 Å². The fourth-order valence-electron chi connectivity index (χ4n) is 2.09. The zero-order valence-electron chi connectivity index (χ0n) is 11.8. The van der Waals surface area contributed by atoms with Crippen molar-refractivity contribution in [2.75, 3.05) is 6.54 Å². The molecule has 0 bridgehead atoms. The lowest BCUT2D eigenvalue weighted by Crippen LogP contribution is -2.23. The fraction of sp³-hybridized carbons (Fsp3) is 0.571. The van der Waals surface area contributed by atoms with Gasteiger partial charge in [-0.1, -0.05) is 19.0 Å². The molecule has 4 nitrogen and oxygen atoms in total. The van der Waals surface area contributed by atoms with E-state index >= 15 is 0 Å². The van der Waals surface area contributed by atoms with Gasteiger partial charge in [-0.15, -0.1) is 0 Å². The minimum absolute atomic E-state index is 0.169. The van der Waals surface area contributed by atoms with Crippen LogP contribution in [0.4, 0.5) is 8.78 Å². The second-order valence-corrected chi connectivity index (χ2v) is 4.40. The van der Waals surface area contributed by atoms with E-state index < -0.39 is 29.9 Å². The van der Waals surface area contributed by atoms with Crippen LogP contribution in [0.2, 0.25) is 0 Å². The summed E-state index contributed by atoms with van der Waals surface area (Å²) >= 11 is 0. The minimum atomic E-state index is -0.863. The van der Waals surface area contributed by atoms with E-state index in [0.29, 0.717) is 5.56 Å². The molecule has 0 spiro atoms. The maximum atomic E-state index is 13.6. The third kappa shape index (κ3) is 3.58. The highest BCUT2D eigenvalue weighted by molar-refractivity contribution is 5.28. The third-order valence-corrected chi connectivity index (χ3v) is 3.10. The van der Waals surface area contributed by atoms with Crippen molar-refractivity contribution in [2.45, 2.75) is 45.5 Å². The Balaban J connectivity index is 0.000000956. The van der Waals surface area contributed by atoms with Gasteiger partial charge in [-0.25, -0.2) is 8.78 Å². The van der Waals surface area contributed by atoms with Crippen LogP contribution in [0, 0.1) is 23.5 Å². The number of benzene rings is 1. The smallest absolute Gasteiger partial charge is 0.131 e. The summed E-state index contributed by atoms with van der Waals surface area (Å²) in [6.07, 6.45) is -2.09. The molecule has 1 aliphatic heterocycles. The average molecular weight is 287 g/mol. The summed E-state index contributed by atoms with van der Waals surface area (Å²) in [6.45, 7) is 5.34. The quantitative estimate of drug-likeness (QED) is 0.868. The lowest BCUT2D eigenvalue weighted by molar-refractivity contribution is 0.0145. The summed E-state index contributed by atoms with van der Waals surface area (Å²) in [5.74, 6) is -1.34. The van der Waals surface area contributed by atoms with Crippen LogP contribution in [0.25, 0.3) is 0 Å². The average Bonchev–Trinajstić information content (AvgIpc) is 2.78. The van der Waals surface area contributed by atoms with Crippen LogP contribution in [0.1, 0.15) is 37.5 Å². The molecule has 112 valence electrons. The van der Waals surface area contributed by atoms with Gasteiger partial charge in [0, 0.05) is 18.1 Å². The van der Waals surface area contributed by atoms with Gasteiger partial charge in [-0.05, 0) is 18.6 Å². The Morgan fingerprint density at radius 1 is 1.35 bits per heavy atom. The number of aliphatic hydroxyl groups excluding tert-OH is 1. The lowest BCUT2D eigenvalue weighted by Gasteiger charge is -2.13. The molecule has 2 rings (SSSR count).